The van der Waals surface area contributed by atoms with Gasteiger partial charge in [-0.2, -0.15) is 4.33 Å². The third kappa shape index (κ3) is 8.37. The van der Waals surface area contributed by atoms with Gasteiger partial charge in [0.25, 0.3) is 0 Å². The largest absolute Gasteiger partial charge is 0.225 e. The van der Waals surface area contributed by atoms with Crippen molar-refractivity contribution in [2.45, 2.75) is 40.5 Å². The van der Waals surface area contributed by atoms with E-state index in [1.165, 1.54) is 6.42 Å². The summed E-state index contributed by atoms with van der Waals surface area (Å²) in [5.41, 5.74) is 0.404. The highest BCUT2D eigenvalue weighted by Crippen LogP contribution is 2.25. The maximum absolute atomic E-state index is 4.68. The molecule has 0 fully saturated rings. The molecule has 0 bridgehead atoms. The molecule has 0 aliphatic rings. The number of hydrogen-bond donors (Lipinski definition) is 1. The molecule has 0 aromatic heterocycles. The second kappa shape index (κ2) is 5.84. The van der Waals surface area contributed by atoms with Crippen LogP contribution in [0.3, 0.4) is 0 Å². The monoisotopic (exact) mass is 192 g/mol. The zero-order valence-electron chi connectivity index (χ0n) is 8.46. The van der Waals surface area contributed by atoms with E-state index in [9.17, 15) is 0 Å². The van der Waals surface area contributed by atoms with Gasteiger partial charge in [0.2, 0.25) is 0 Å². The zero-order valence-corrected chi connectivity index (χ0v) is 9.36. The van der Waals surface area contributed by atoms with Crippen molar-refractivity contribution < 1.29 is 9.22 Å². The van der Waals surface area contributed by atoms with E-state index in [4.69, 9.17) is 0 Å². The lowest BCUT2D eigenvalue weighted by atomic mass is 9.84. The molecule has 2 nitrogen and oxygen atoms in total. The molecule has 0 amide bonds. The average molecular weight is 192 g/mol. The van der Waals surface area contributed by atoms with E-state index in [0.29, 0.717) is 17.9 Å². The highest BCUT2D eigenvalue weighted by Gasteiger charge is 2.14. The summed E-state index contributed by atoms with van der Waals surface area (Å²) in [6.07, 6.45) is 2.24. The van der Waals surface area contributed by atoms with E-state index in [0.717, 1.165) is 6.42 Å². The maximum atomic E-state index is 4.68. The third-order valence-corrected chi connectivity index (χ3v) is 1.81. The summed E-state index contributed by atoms with van der Waals surface area (Å²) in [7, 11) is 0. The SMILES string of the molecule is CC(CCOOS)CC(C)(C)C. The first-order valence-corrected chi connectivity index (χ1v) is 4.75. The molecule has 0 heterocycles. The van der Waals surface area contributed by atoms with Gasteiger partial charge in [-0.3, -0.25) is 0 Å². The van der Waals surface area contributed by atoms with Crippen LogP contribution in [-0.2, 0) is 9.22 Å². The highest BCUT2D eigenvalue weighted by molar-refractivity contribution is 7.74. The van der Waals surface area contributed by atoms with Gasteiger partial charge < -0.3 is 0 Å². The van der Waals surface area contributed by atoms with Crippen LogP contribution in [0, 0.1) is 11.3 Å². The van der Waals surface area contributed by atoms with Gasteiger partial charge in [-0.25, -0.2) is 4.89 Å². The molecule has 1 atom stereocenters. The summed E-state index contributed by atoms with van der Waals surface area (Å²) in [6.45, 7) is 9.60. The van der Waals surface area contributed by atoms with Gasteiger partial charge >= 0.3 is 0 Å². The fourth-order valence-corrected chi connectivity index (χ4v) is 1.51. The summed E-state index contributed by atoms with van der Waals surface area (Å²) >= 11 is 3.49. The minimum atomic E-state index is 0.404. The first-order chi connectivity index (χ1) is 5.45. The number of rotatable bonds is 5. The Morgan fingerprint density at radius 1 is 1.33 bits per heavy atom. The topological polar surface area (TPSA) is 18.5 Å². The molecule has 74 valence electrons. The third-order valence-electron chi connectivity index (χ3n) is 1.71. The van der Waals surface area contributed by atoms with Gasteiger partial charge in [-0.15, -0.1) is 0 Å². The molecular weight excluding hydrogens is 172 g/mol. The van der Waals surface area contributed by atoms with Crippen LogP contribution in [0.5, 0.6) is 0 Å². The zero-order chi connectivity index (χ0) is 9.61. The molecule has 0 spiro atoms. The highest BCUT2D eigenvalue weighted by atomic mass is 32.1. The molecule has 0 aromatic carbocycles. The molecule has 0 radical (unpaired) electrons. The van der Waals surface area contributed by atoms with E-state index in [-0.39, 0.29) is 0 Å². The molecule has 0 aliphatic carbocycles. The molecule has 0 aromatic rings. The first kappa shape index (κ1) is 12.3. The van der Waals surface area contributed by atoms with Crippen LogP contribution in [0.2, 0.25) is 0 Å². The van der Waals surface area contributed by atoms with Crippen molar-refractivity contribution in [3.8, 4) is 0 Å². The van der Waals surface area contributed by atoms with Crippen molar-refractivity contribution in [2.24, 2.45) is 11.3 Å². The standard InChI is InChI=1S/C9H20O2S/c1-8(5-6-10-11-12)7-9(2,3)4/h8,12H,5-7H2,1-4H3. The smallest absolute Gasteiger partial charge is 0.0837 e. The van der Waals surface area contributed by atoms with Crippen LogP contribution in [0.4, 0.5) is 0 Å². The van der Waals surface area contributed by atoms with Gasteiger partial charge in [0.1, 0.15) is 0 Å². The summed E-state index contributed by atoms with van der Waals surface area (Å²) in [6, 6.07) is 0. The molecule has 0 saturated heterocycles. The fraction of sp³-hybridized carbons (Fsp3) is 1.00. The van der Waals surface area contributed by atoms with Crippen LogP contribution >= 0.6 is 12.9 Å². The average Bonchev–Trinajstić information content (AvgIpc) is 1.84. The Morgan fingerprint density at radius 2 is 1.92 bits per heavy atom. The lowest BCUT2D eigenvalue weighted by Crippen LogP contribution is -2.12. The van der Waals surface area contributed by atoms with E-state index >= 15 is 0 Å². The number of hydrogen-bond acceptors (Lipinski definition) is 3. The van der Waals surface area contributed by atoms with Gasteiger partial charge in [-0.1, -0.05) is 27.7 Å². The normalized spacial score (nSPS) is 14.8. The van der Waals surface area contributed by atoms with E-state index in [1.54, 1.807) is 0 Å². The Labute approximate surface area is 81.2 Å². The van der Waals surface area contributed by atoms with Crippen LogP contribution in [0.1, 0.15) is 40.5 Å². The van der Waals surface area contributed by atoms with Crippen molar-refractivity contribution in [3.63, 3.8) is 0 Å². The van der Waals surface area contributed by atoms with Crippen molar-refractivity contribution in [3.05, 3.63) is 0 Å². The van der Waals surface area contributed by atoms with Crippen molar-refractivity contribution in [1.82, 2.24) is 0 Å². The van der Waals surface area contributed by atoms with Gasteiger partial charge in [0, 0.05) is 12.9 Å². The second-order valence-corrected chi connectivity index (χ2v) is 4.70. The van der Waals surface area contributed by atoms with E-state index < -0.39 is 0 Å². The van der Waals surface area contributed by atoms with Crippen LogP contribution in [0.25, 0.3) is 0 Å². The predicted molar refractivity (Wildman–Crippen MR) is 53.9 cm³/mol. The van der Waals surface area contributed by atoms with Crippen LogP contribution < -0.4 is 0 Å². The van der Waals surface area contributed by atoms with Gasteiger partial charge in [0.05, 0.1) is 6.61 Å². The molecule has 3 heteroatoms. The molecular formula is C9H20O2S. The fourth-order valence-electron chi connectivity index (χ4n) is 1.43. The summed E-state index contributed by atoms with van der Waals surface area (Å²) in [5.74, 6) is 0.675. The van der Waals surface area contributed by atoms with Crippen LogP contribution in [-0.4, -0.2) is 6.61 Å². The van der Waals surface area contributed by atoms with E-state index in [1.807, 2.05) is 0 Å². The van der Waals surface area contributed by atoms with Crippen molar-refractivity contribution >= 4 is 12.9 Å². The molecule has 0 rings (SSSR count). The molecule has 0 N–H and O–H groups in total. The maximum Gasteiger partial charge on any atom is 0.0837 e. The van der Waals surface area contributed by atoms with Gasteiger partial charge in [-0.05, 0) is 24.2 Å². The number of thiol groups is 1. The molecule has 0 aliphatic heterocycles. The minimum Gasteiger partial charge on any atom is -0.225 e. The molecule has 12 heavy (non-hydrogen) atoms. The lowest BCUT2D eigenvalue weighted by Gasteiger charge is -2.22. The second-order valence-electron chi connectivity index (χ2n) is 4.56. The molecule has 1 unspecified atom stereocenters. The Morgan fingerprint density at radius 3 is 2.33 bits per heavy atom. The first-order valence-electron chi connectivity index (χ1n) is 4.39. The quantitative estimate of drug-likeness (QED) is 0.237. The lowest BCUT2D eigenvalue weighted by molar-refractivity contribution is -0.190. The summed E-state index contributed by atoms with van der Waals surface area (Å²) < 4.78 is 4.22. The van der Waals surface area contributed by atoms with Crippen molar-refractivity contribution in [1.29, 1.82) is 0 Å². The summed E-state index contributed by atoms with van der Waals surface area (Å²) in [4.78, 5) is 4.68. The Balaban J connectivity index is 3.40. The Hall–Kier alpha value is 0.270. The van der Waals surface area contributed by atoms with Gasteiger partial charge in [0.15, 0.2) is 0 Å². The summed E-state index contributed by atoms with van der Waals surface area (Å²) in [5, 5.41) is 0. The Bertz CT molecular complexity index is 110. The Kier molecular flexibility index (Phi) is 5.97. The predicted octanol–water partition coefficient (Wildman–Crippen LogP) is 3.24. The minimum absolute atomic E-state index is 0.404. The van der Waals surface area contributed by atoms with E-state index in [2.05, 4.69) is 49.8 Å². The molecule has 0 saturated carbocycles. The van der Waals surface area contributed by atoms with Crippen molar-refractivity contribution in [2.75, 3.05) is 6.61 Å². The van der Waals surface area contributed by atoms with Crippen LogP contribution in [0.15, 0.2) is 0 Å².